The van der Waals surface area contributed by atoms with Crippen LogP contribution in [0.3, 0.4) is 0 Å². The van der Waals surface area contributed by atoms with Gasteiger partial charge in [0.2, 0.25) is 11.8 Å². The van der Waals surface area contributed by atoms with Crippen molar-refractivity contribution in [3.8, 4) is 12.3 Å². The molecule has 0 radical (unpaired) electrons. The molecule has 1 aromatic heterocycles. The van der Waals surface area contributed by atoms with Crippen LogP contribution in [0.5, 0.6) is 0 Å². The van der Waals surface area contributed by atoms with Crippen LogP contribution >= 0.6 is 11.6 Å². The van der Waals surface area contributed by atoms with Crippen LogP contribution < -0.4 is 5.32 Å². The Hall–Kier alpha value is -3.41. The number of aromatic carboxylic acids is 1. The first-order chi connectivity index (χ1) is 16.7. The number of carboxylic acids is 1. The quantitative estimate of drug-likeness (QED) is 0.597. The average Bonchev–Trinajstić information content (AvgIpc) is 3.23. The summed E-state index contributed by atoms with van der Waals surface area (Å²) in [5.74, 6) is 0.779. The Bertz CT molecular complexity index is 1200. The van der Waals surface area contributed by atoms with E-state index in [0.29, 0.717) is 12.8 Å². The number of hydrogen-bond acceptors (Lipinski definition) is 5. The predicted octanol–water partition coefficient (Wildman–Crippen LogP) is 3.32. The molecule has 0 spiro atoms. The molecule has 1 aromatic carbocycles. The summed E-state index contributed by atoms with van der Waals surface area (Å²) in [4.78, 5) is 45.4. The highest BCUT2D eigenvalue weighted by Gasteiger charge is 2.41. The Kier molecular flexibility index (Phi) is 7.39. The van der Waals surface area contributed by atoms with E-state index in [2.05, 4.69) is 27.2 Å². The number of aryl methyl sites for hydroxylation is 1. The van der Waals surface area contributed by atoms with Gasteiger partial charge < -0.3 is 15.3 Å². The number of carbonyl (C=O) groups is 3. The third-order valence-corrected chi connectivity index (χ3v) is 7.03. The molecule has 9 heteroatoms. The van der Waals surface area contributed by atoms with Crippen LogP contribution in [0.2, 0.25) is 5.02 Å². The second-order valence-electron chi connectivity index (χ2n) is 9.01. The third-order valence-electron chi connectivity index (χ3n) is 6.61. The molecule has 2 aliphatic rings. The Morgan fingerprint density at radius 3 is 2.63 bits per heavy atom. The lowest BCUT2D eigenvalue weighted by atomic mass is 10.0. The number of pyridine rings is 1. The van der Waals surface area contributed by atoms with E-state index in [-0.39, 0.29) is 34.9 Å². The summed E-state index contributed by atoms with van der Waals surface area (Å²) in [5, 5.41) is 12.7. The minimum absolute atomic E-state index is 0.0245. The molecule has 2 N–H and O–H groups in total. The van der Waals surface area contributed by atoms with Crippen molar-refractivity contribution in [1.29, 1.82) is 0 Å². The van der Waals surface area contributed by atoms with Gasteiger partial charge in [0.1, 0.15) is 17.6 Å². The maximum Gasteiger partial charge on any atom is 0.335 e. The molecular weight excluding hydrogens is 468 g/mol. The Morgan fingerprint density at radius 2 is 1.97 bits per heavy atom. The number of piperidine rings is 1. The number of benzene rings is 1. The zero-order valence-corrected chi connectivity index (χ0v) is 20.2. The van der Waals surface area contributed by atoms with Gasteiger partial charge >= 0.3 is 5.97 Å². The van der Waals surface area contributed by atoms with Gasteiger partial charge in [0.05, 0.1) is 5.56 Å². The summed E-state index contributed by atoms with van der Waals surface area (Å²) in [7, 11) is 0. The van der Waals surface area contributed by atoms with E-state index in [0.717, 1.165) is 43.1 Å². The van der Waals surface area contributed by atoms with Crippen molar-refractivity contribution in [2.24, 2.45) is 0 Å². The fourth-order valence-corrected chi connectivity index (χ4v) is 4.96. The molecule has 182 valence electrons. The smallest absolute Gasteiger partial charge is 0.335 e. The van der Waals surface area contributed by atoms with Crippen molar-refractivity contribution in [3.05, 3.63) is 57.7 Å². The second kappa shape index (κ2) is 10.5. The van der Waals surface area contributed by atoms with Crippen molar-refractivity contribution >= 4 is 35.2 Å². The number of rotatable bonds is 6. The van der Waals surface area contributed by atoms with E-state index in [1.807, 2.05) is 19.1 Å². The summed E-state index contributed by atoms with van der Waals surface area (Å²) >= 11 is 6.13. The van der Waals surface area contributed by atoms with E-state index in [1.165, 1.54) is 17.7 Å². The molecule has 1 atom stereocenters. The van der Waals surface area contributed by atoms with Crippen molar-refractivity contribution in [2.75, 3.05) is 18.4 Å². The van der Waals surface area contributed by atoms with Crippen molar-refractivity contribution in [1.82, 2.24) is 14.8 Å². The minimum atomic E-state index is -1.17. The first kappa shape index (κ1) is 24.7. The number of terminal acetylenes is 1. The van der Waals surface area contributed by atoms with Crippen LogP contribution in [0.15, 0.2) is 30.3 Å². The van der Waals surface area contributed by atoms with E-state index < -0.39 is 12.0 Å². The van der Waals surface area contributed by atoms with Crippen LogP contribution in [-0.2, 0) is 16.1 Å². The van der Waals surface area contributed by atoms with Crippen LogP contribution in [0, 0.1) is 19.3 Å². The van der Waals surface area contributed by atoms with Crippen LogP contribution in [-0.4, -0.2) is 62.8 Å². The summed E-state index contributed by atoms with van der Waals surface area (Å²) < 4.78 is 0. The van der Waals surface area contributed by atoms with Gasteiger partial charge in [-0.2, -0.15) is 0 Å². The predicted molar refractivity (Wildman–Crippen MR) is 132 cm³/mol. The second-order valence-corrected chi connectivity index (χ2v) is 9.42. The van der Waals surface area contributed by atoms with Gasteiger partial charge in [0.15, 0.2) is 0 Å². The molecule has 2 amide bonds. The number of anilines is 1. The number of nitrogens with one attached hydrogen (secondary N) is 1. The molecule has 2 aliphatic heterocycles. The standard InChI is InChI=1S/C26H27ClN4O4/c1-3-19-13-18(26(34)35)14-23(28-19)29-25(33)22-6-7-24(32)31(22)20-8-10-30(11-9-20)15-17-4-5-21(27)16(2)12-17/h1,4-5,12-14,20,22H,6-11,15H2,2H3,(H,34,35)(H,28,29,33). The first-order valence-electron chi connectivity index (χ1n) is 11.6. The largest absolute Gasteiger partial charge is 0.478 e. The molecule has 0 bridgehead atoms. The number of carboxylic acid groups (broad SMARTS) is 1. The lowest BCUT2D eigenvalue weighted by Gasteiger charge is -2.39. The van der Waals surface area contributed by atoms with Gasteiger partial charge in [0, 0.05) is 37.1 Å². The SMILES string of the molecule is C#Cc1cc(C(=O)O)cc(NC(=O)C2CCC(=O)N2C2CCN(Cc3ccc(Cl)c(C)c3)CC2)n1. The van der Waals surface area contributed by atoms with E-state index in [1.54, 1.807) is 4.90 Å². The summed E-state index contributed by atoms with van der Waals surface area (Å²) in [5.41, 5.74) is 2.30. The van der Waals surface area contributed by atoms with Gasteiger partial charge in [0.25, 0.3) is 0 Å². The first-order valence-corrected chi connectivity index (χ1v) is 11.9. The highest BCUT2D eigenvalue weighted by molar-refractivity contribution is 6.31. The molecule has 4 rings (SSSR count). The molecule has 1 unspecified atom stereocenters. The fourth-order valence-electron chi connectivity index (χ4n) is 4.84. The Balaban J connectivity index is 1.40. The van der Waals surface area contributed by atoms with Gasteiger partial charge in [-0.05, 0) is 55.5 Å². The van der Waals surface area contributed by atoms with Gasteiger partial charge in [-0.15, -0.1) is 6.42 Å². The summed E-state index contributed by atoms with van der Waals surface area (Å²) in [6.07, 6.45) is 7.64. The van der Waals surface area contributed by atoms with Gasteiger partial charge in [-0.1, -0.05) is 29.7 Å². The van der Waals surface area contributed by atoms with Crippen molar-refractivity contribution in [3.63, 3.8) is 0 Å². The normalized spacial score (nSPS) is 18.9. The Labute approximate surface area is 209 Å². The molecule has 8 nitrogen and oxygen atoms in total. The summed E-state index contributed by atoms with van der Waals surface area (Å²) in [6, 6.07) is 7.93. The minimum Gasteiger partial charge on any atom is -0.478 e. The van der Waals surface area contributed by atoms with Crippen LogP contribution in [0.4, 0.5) is 5.82 Å². The topological polar surface area (TPSA) is 103 Å². The number of hydrogen-bond donors (Lipinski definition) is 2. The van der Waals surface area contributed by atoms with Crippen molar-refractivity contribution < 1.29 is 19.5 Å². The van der Waals surface area contributed by atoms with Crippen molar-refractivity contribution in [2.45, 2.75) is 51.2 Å². The van der Waals surface area contributed by atoms with E-state index in [4.69, 9.17) is 18.0 Å². The molecule has 2 saturated heterocycles. The van der Waals surface area contributed by atoms with Gasteiger partial charge in [-0.25, -0.2) is 9.78 Å². The molecule has 35 heavy (non-hydrogen) atoms. The molecular formula is C26H27ClN4O4. The zero-order chi connectivity index (χ0) is 25.1. The molecule has 2 fully saturated rings. The molecule has 0 saturated carbocycles. The monoisotopic (exact) mass is 494 g/mol. The maximum atomic E-state index is 13.1. The lowest BCUT2D eigenvalue weighted by Crippen LogP contribution is -2.51. The third kappa shape index (κ3) is 5.64. The Morgan fingerprint density at radius 1 is 1.23 bits per heavy atom. The van der Waals surface area contributed by atoms with Gasteiger partial charge in [-0.3, -0.25) is 14.5 Å². The number of halogens is 1. The highest BCUT2D eigenvalue weighted by atomic mass is 35.5. The van der Waals surface area contributed by atoms with E-state index in [9.17, 15) is 19.5 Å². The average molecular weight is 495 g/mol. The fraction of sp³-hybridized carbons (Fsp3) is 0.385. The molecule has 2 aromatic rings. The van der Waals surface area contributed by atoms with Crippen LogP contribution in [0.1, 0.15) is 52.9 Å². The van der Waals surface area contributed by atoms with Crippen LogP contribution in [0.25, 0.3) is 0 Å². The number of carbonyl (C=O) groups excluding carboxylic acids is 2. The van der Waals surface area contributed by atoms with E-state index >= 15 is 0 Å². The number of aromatic nitrogens is 1. The number of nitrogens with zero attached hydrogens (tertiary/aromatic N) is 3. The maximum absolute atomic E-state index is 13.1. The zero-order valence-electron chi connectivity index (χ0n) is 19.5. The number of amides is 2. The highest BCUT2D eigenvalue weighted by Crippen LogP contribution is 2.29. The number of likely N-dealkylation sites (tertiary alicyclic amines) is 2. The lowest BCUT2D eigenvalue weighted by molar-refractivity contribution is -0.136. The molecule has 0 aliphatic carbocycles. The summed E-state index contributed by atoms with van der Waals surface area (Å²) in [6.45, 7) is 4.44. The molecule has 3 heterocycles.